The molecule has 7 nitrogen and oxygen atoms in total. The molecule has 1 saturated heterocycles. The van der Waals surface area contributed by atoms with Gasteiger partial charge in [-0.1, -0.05) is 6.58 Å². The Hall–Kier alpha value is -2.05. The van der Waals surface area contributed by atoms with Crippen LogP contribution in [0.4, 0.5) is 9.59 Å². The van der Waals surface area contributed by atoms with Crippen LogP contribution in [0.1, 0.15) is 20.8 Å². The number of urea groups is 1. The Balaban J connectivity index is 2.72. The van der Waals surface area contributed by atoms with Crippen molar-refractivity contribution >= 4 is 18.1 Å². The fourth-order valence-corrected chi connectivity index (χ4v) is 1.37. The van der Waals surface area contributed by atoms with E-state index in [1.54, 1.807) is 13.8 Å². The summed E-state index contributed by atoms with van der Waals surface area (Å²) in [5.41, 5.74) is 0.171. The molecule has 7 heteroatoms. The number of carbonyl (C=O) groups excluding carboxylic acids is 3. The summed E-state index contributed by atoms with van der Waals surface area (Å²) in [5.74, 6) is -0.707. The summed E-state index contributed by atoms with van der Waals surface area (Å²) in [6.07, 6.45) is -0.747. The number of nitrogens with zero attached hydrogens (tertiary/aromatic N) is 2. The molecule has 1 aliphatic heterocycles. The van der Waals surface area contributed by atoms with Crippen molar-refractivity contribution in [2.24, 2.45) is 0 Å². The third-order valence-electron chi connectivity index (χ3n) is 2.28. The SMILES string of the molecule is C=C(C)C(=O)ON1C(=O)N(C(=O)OCC)CC1C. The number of hydroxylamine groups is 2. The van der Waals surface area contributed by atoms with Crippen molar-refractivity contribution < 1.29 is 24.0 Å². The molecule has 1 fully saturated rings. The van der Waals surface area contributed by atoms with Crippen LogP contribution in [0.5, 0.6) is 0 Å². The molecule has 0 aromatic rings. The van der Waals surface area contributed by atoms with E-state index in [4.69, 9.17) is 9.57 Å². The lowest BCUT2D eigenvalue weighted by Gasteiger charge is -2.18. The molecule has 0 aromatic heterocycles. The lowest BCUT2D eigenvalue weighted by Crippen LogP contribution is -2.38. The summed E-state index contributed by atoms with van der Waals surface area (Å²) >= 11 is 0. The first-order chi connectivity index (χ1) is 8.38. The van der Waals surface area contributed by atoms with Gasteiger partial charge in [-0.05, 0) is 20.8 Å². The van der Waals surface area contributed by atoms with Crippen LogP contribution in [0.3, 0.4) is 0 Å². The van der Waals surface area contributed by atoms with Crippen molar-refractivity contribution in [1.29, 1.82) is 0 Å². The monoisotopic (exact) mass is 256 g/mol. The summed E-state index contributed by atoms with van der Waals surface area (Å²) in [6.45, 7) is 8.46. The van der Waals surface area contributed by atoms with E-state index in [9.17, 15) is 14.4 Å². The Bertz CT molecular complexity index is 393. The second-order valence-electron chi connectivity index (χ2n) is 3.93. The molecule has 0 N–H and O–H groups in total. The van der Waals surface area contributed by atoms with E-state index in [1.165, 1.54) is 6.92 Å². The van der Waals surface area contributed by atoms with Crippen LogP contribution in [-0.4, -0.2) is 47.3 Å². The van der Waals surface area contributed by atoms with E-state index in [2.05, 4.69) is 6.58 Å². The Labute approximate surface area is 105 Å². The van der Waals surface area contributed by atoms with Crippen LogP contribution in [0.15, 0.2) is 12.2 Å². The van der Waals surface area contributed by atoms with Crippen LogP contribution < -0.4 is 0 Å². The van der Waals surface area contributed by atoms with Crippen LogP contribution in [-0.2, 0) is 14.4 Å². The highest BCUT2D eigenvalue weighted by Crippen LogP contribution is 2.18. The summed E-state index contributed by atoms with van der Waals surface area (Å²) in [4.78, 5) is 40.4. The highest BCUT2D eigenvalue weighted by Gasteiger charge is 2.42. The molecule has 100 valence electrons. The summed E-state index contributed by atoms with van der Waals surface area (Å²) in [7, 11) is 0. The van der Waals surface area contributed by atoms with Gasteiger partial charge in [0, 0.05) is 5.57 Å². The van der Waals surface area contributed by atoms with Gasteiger partial charge in [0.15, 0.2) is 0 Å². The molecule has 0 aromatic carbocycles. The van der Waals surface area contributed by atoms with Crippen LogP contribution in [0.25, 0.3) is 0 Å². The zero-order valence-electron chi connectivity index (χ0n) is 10.6. The third-order valence-corrected chi connectivity index (χ3v) is 2.28. The second-order valence-corrected chi connectivity index (χ2v) is 3.93. The zero-order valence-corrected chi connectivity index (χ0v) is 10.6. The Kier molecular flexibility index (Phi) is 4.30. The van der Waals surface area contributed by atoms with Crippen molar-refractivity contribution in [3.05, 3.63) is 12.2 Å². The van der Waals surface area contributed by atoms with Crippen molar-refractivity contribution in [1.82, 2.24) is 9.96 Å². The zero-order chi connectivity index (χ0) is 13.9. The Morgan fingerprint density at radius 2 is 2.11 bits per heavy atom. The third kappa shape index (κ3) is 2.79. The molecule has 0 bridgehead atoms. The molecule has 18 heavy (non-hydrogen) atoms. The van der Waals surface area contributed by atoms with Gasteiger partial charge >= 0.3 is 18.1 Å². The first-order valence-corrected chi connectivity index (χ1v) is 5.53. The van der Waals surface area contributed by atoms with Gasteiger partial charge in [0.05, 0.1) is 19.2 Å². The molecule has 0 saturated carbocycles. The molecule has 1 aliphatic rings. The first kappa shape index (κ1) is 14.0. The standard InChI is InChI=1S/C11H16N2O5/c1-5-17-11(16)12-6-8(4)13(10(12)15)18-9(14)7(2)3/h8H,2,5-6H2,1,3-4H3. The highest BCUT2D eigenvalue weighted by molar-refractivity contribution is 5.94. The quantitative estimate of drug-likeness (QED) is 0.711. The predicted molar refractivity (Wildman–Crippen MR) is 61.3 cm³/mol. The lowest BCUT2D eigenvalue weighted by molar-refractivity contribution is -0.174. The number of carbonyl (C=O) groups is 3. The molecule has 0 aliphatic carbocycles. The molecular formula is C11H16N2O5. The van der Waals surface area contributed by atoms with Crippen LogP contribution in [0, 0.1) is 0 Å². The van der Waals surface area contributed by atoms with E-state index in [0.29, 0.717) is 0 Å². The lowest BCUT2D eigenvalue weighted by atomic mass is 10.3. The van der Waals surface area contributed by atoms with Gasteiger partial charge in [-0.2, -0.15) is 0 Å². The minimum absolute atomic E-state index is 0.112. The van der Waals surface area contributed by atoms with E-state index < -0.39 is 24.1 Å². The van der Waals surface area contributed by atoms with Gasteiger partial charge in [0.25, 0.3) is 0 Å². The molecule has 0 radical (unpaired) electrons. The fraction of sp³-hybridized carbons (Fsp3) is 0.545. The molecular weight excluding hydrogens is 240 g/mol. The average molecular weight is 256 g/mol. The van der Waals surface area contributed by atoms with Crippen molar-refractivity contribution in [2.45, 2.75) is 26.8 Å². The largest absolute Gasteiger partial charge is 0.449 e. The number of ether oxygens (including phenoxy) is 1. The van der Waals surface area contributed by atoms with Crippen LogP contribution >= 0.6 is 0 Å². The fourth-order valence-electron chi connectivity index (χ4n) is 1.37. The average Bonchev–Trinajstić information content (AvgIpc) is 2.57. The van der Waals surface area contributed by atoms with E-state index in [-0.39, 0.29) is 18.7 Å². The summed E-state index contributed by atoms with van der Waals surface area (Å²) < 4.78 is 4.73. The molecule has 1 rings (SSSR count). The molecule has 1 unspecified atom stereocenters. The molecule has 1 atom stereocenters. The second kappa shape index (κ2) is 5.52. The number of hydrogen-bond acceptors (Lipinski definition) is 5. The van der Waals surface area contributed by atoms with E-state index in [1.807, 2.05) is 0 Å². The van der Waals surface area contributed by atoms with Crippen LogP contribution in [0.2, 0.25) is 0 Å². The van der Waals surface area contributed by atoms with E-state index >= 15 is 0 Å². The maximum atomic E-state index is 11.8. The summed E-state index contributed by atoms with van der Waals surface area (Å²) in [5, 5.41) is 0.855. The van der Waals surface area contributed by atoms with Gasteiger partial charge in [-0.25, -0.2) is 19.3 Å². The van der Waals surface area contributed by atoms with Crippen molar-refractivity contribution in [3.63, 3.8) is 0 Å². The van der Waals surface area contributed by atoms with Gasteiger partial charge in [0.2, 0.25) is 0 Å². The molecule has 3 amide bonds. The minimum Gasteiger partial charge on any atom is -0.449 e. The maximum Gasteiger partial charge on any atom is 0.418 e. The Morgan fingerprint density at radius 3 is 2.61 bits per heavy atom. The van der Waals surface area contributed by atoms with Crippen molar-refractivity contribution in [2.75, 3.05) is 13.2 Å². The summed E-state index contributed by atoms with van der Waals surface area (Å²) in [6, 6.07) is -1.14. The highest BCUT2D eigenvalue weighted by atomic mass is 16.7. The smallest absolute Gasteiger partial charge is 0.418 e. The number of amides is 3. The number of rotatable bonds is 3. The van der Waals surface area contributed by atoms with Gasteiger partial charge in [-0.15, -0.1) is 5.06 Å². The first-order valence-electron chi connectivity index (χ1n) is 5.53. The van der Waals surface area contributed by atoms with Gasteiger partial charge in [0.1, 0.15) is 0 Å². The maximum absolute atomic E-state index is 11.8. The van der Waals surface area contributed by atoms with Gasteiger partial charge < -0.3 is 9.57 Å². The Morgan fingerprint density at radius 1 is 1.50 bits per heavy atom. The molecule has 1 heterocycles. The van der Waals surface area contributed by atoms with Gasteiger partial charge in [-0.3, -0.25) is 0 Å². The molecule has 0 spiro atoms. The number of hydrogen-bond donors (Lipinski definition) is 0. The van der Waals surface area contributed by atoms with E-state index in [0.717, 1.165) is 9.96 Å². The number of imide groups is 1. The van der Waals surface area contributed by atoms with Crippen molar-refractivity contribution in [3.8, 4) is 0 Å². The topological polar surface area (TPSA) is 76.2 Å². The predicted octanol–water partition coefficient (Wildman–Crippen LogP) is 1.30. The normalized spacial score (nSPS) is 18.8. The minimum atomic E-state index is -0.747.